The van der Waals surface area contributed by atoms with Crippen LogP contribution in [0.5, 0.6) is 0 Å². The molecule has 0 aliphatic heterocycles. The van der Waals surface area contributed by atoms with Crippen molar-refractivity contribution < 1.29 is 0 Å². The molecule has 3 N–H and O–H groups in total. The van der Waals surface area contributed by atoms with Crippen LogP contribution in [0.25, 0.3) is 32.6 Å². The predicted molar refractivity (Wildman–Crippen MR) is 107 cm³/mol. The van der Waals surface area contributed by atoms with E-state index in [1.54, 1.807) is 19.4 Å². The second kappa shape index (κ2) is 6.34. The van der Waals surface area contributed by atoms with Gasteiger partial charge < -0.3 is 11.1 Å². The number of thiol groups is 1. The van der Waals surface area contributed by atoms with E-state index in [-0.39, 0.29) is 0 Å². The lowest BCUT2D eigenvalue weighted by atomic mass is 10.0. The number of aromatic nitrogens is 3. The number of anilines is 2. The minimum atomic E-state index is 0.575. The third kappa shape index (κ3) is 2.81. The number of thiophene rings is 1. The van der Waals surface area contributed by atoms with E-state index in [0.717, 1.165) is 36.8 Å². The summed E-state index contributed by atoms with van der Waals surface area (Å²) in [6, 6.07) is 12.2. The molecule has 25 heavy (non-hydrogen) atoms. The van der Waals surface area contributed by atoms with Crippen LogP contribution >= 0.6 is 24.0 Å². The molecular weight excluding hydrogens is 350 g/mol. The summed E-state index contributed by atoms with van der Waals surface area (Å²) in [5.74, 6) is 0.575. The number of nitrogen functional groups attached to an aromatic ring is 1. The van der Waals surface area contributed by atoms with Crippen molar-refractivity contribution in [3.8, 4) is 22.4 Å². The topological polar surface area (TPSA) is 76.7 Å². The van der Waals surface area contributed by atoms with Crippen LogP contribution in [0.4, 0.5) is 11.6 Å². The third-order valence-electron chi connectivity index (χ3n) is 3.94. The molecule has 0 aliphatic rings. The van der Waals surface area contributed by atoms with Crippen LogP contribution < -0.4 is 11.1 Å². The first-order valence-electron chi connectivity index (χ1n) is 7.65. The number of benzene rings is 1. The van der Waals surface area contributed by atoms with Gasteiger partial charge in [-0.2, -0.15) is 0 Å². The van der Waals surface area contributed by atoms with Crippen LogP contribution in [-0.4, -0.2) is 22.0 Å². The van der Waals surface area contributed by atoms with Gasteiger partial charge in [-0.1, -0.05) is 30.3 Å². The molecule has 0 unspecified atom stereocenters. The van der Waals surface area contributed by atoms with Gasteiger partial charge in [0.25, 0.3) is 0 Å². The van der Waals surface area contributed by atoms with Crippen molar-refractivity contribution in [2.24, 2.45) is 0 Å². The first kappa shape index (κ1) is 15.9. The second-order valence-corrected chi connectivity index (χ2v) is 7.22. The molecule has 4 rings (SSSR count). The fourth-order valence-corrected chi connectivity index (χ4v) is 3.92. The Kier molecular flexibility index (Phi) is 4.03. The molecule has 3 heterocycles. The summed E-state index contributed by atoms with van der Waals surface area (Å²) in [5.41, 5.74) is 10.7. The van der Waals surface area contributed by atoms with Crippen LogP contribution in [0.1, 0.15) is 0 Å². The fourth-order valence-electron chi connectivity index (χ4n) is 2.69. The van der Waals surface area contributed by atoms with E-state index in [9.17, 15) is 0 Å². The Morgan fingerprint density at radius 2 is 1.80 bits per heavy atom. The van der Waals surface area contributed by atoms with Gasteiger partial charge in [0.05, 0.1) is 15.6 Å². The molecule has 7 heteroatoms. The van der Waals surface area contributed by atoms with Crippen LogP contribution in [0, 0.1) is 0 Å². The van der Waals surface area contributed by atoms with Gasteiger partial charge >= 0.3 is 0 Å². The van der Waals surface area contributed by atoms with Gasteiger partial charge in [0.1, 0.15) is 4.83 Å². The summed E-state index contributed by atoms with van der Waals surface area (Å²) in [5, 5.41) is 3.86. The van der Waals surface area contributed by atoms with Crippen LogP contribution in [0.3, 0.4) is 0 Å². The summed E-state index contributed by atoms with van der Waals surface area (Å²) in [7, 11) is 1.79. The average Bonchev–Trinajstić information content (AvgIpc) is 2.96. The Morgan fingerprint density at radius 1 is 1.08 bits per heavy atom. The molecule has 1 aromatic carbocycles. The summed E-state index contributed by atoms with van der Waals surface area (Å²) >= 11 is 5.96. The highest BCUT2D eigenvalue weighted by Crippen LogP contribution is 2.42. The maximum absolute atomic E-state index is 6.26. The van der Waals surface area contributed by atoms with Crippen molar-refractivity contribution in [3.05, 3.63) is 48.8 Å². The van der Waals surface area contributed by atoms with Gasteiger partial charge in [-0.05, 0) is 17.2 Å². The first-order chi connectivity index (χ1) is 12.2. The van der Waals surface area contributed by atoms with E-state index < -0.39 is 0 Å². The zero-order chi connectivity index (χ0) is 17.4. The molecule has 0 bridgehead atoms. The first-order valence-corrected chi connectivity index (χ1v) is 8.91. The quantitative estimate of drug-likeness (QED) is 0.471. The summed E-state index contributed by atoms with van der Waals surface area (Å²) in [6.07, 6.45) is 3.53. The number of fused-ring (bicyclic) bond motifs is 1. The van der Waals surface area contributed by atoms with Crippen molar-refractivity contribution in [2.45, 2.75) is 4.21 Å². The lowest BCUT2D eigenvalue weighted by molar-refractivity contribution is 1.15. The predicted octanol–water partition coefficient (Wildman–Crippen LogP) is 4.33. The van der Waals surface area contributed by atoms with Gasteiger partial charge in [0.2, 0.25) is 5.95 Å². The molecule has 5 nitrogen and oxygen atoms in total. The molecule has 3 aromatic heterocycles. The van der Waals surface area contributed by atoms with Crippen molar-refractivity contribution in [1.82, 2.24) is 15.0 Å². The van der Waals surface area contributed by atoms with Gasteiger partial charge in [0.15, 0.2) is 0 Å². The lowest BCUT2D eigenvalue weighted by Gasteiger charge is -2.08. The molecule has 0 aliphatic carbocycles. The van der Waals surface area contributed by atoms with Gasteiger partial charge in [-0.15, -0.1) is 24.0 Å². The Morgan fingerprint density at radius 3 is 2.48 bits per heavy atom. The smallest absolute Gasteiger partial charge is 0.222 e. The largest absolute Gasteiger partial charge is 0.397 e. The van der Waals surface area contributed by atoms with Crippen molar-refractivity contribution in [2.75, 3.05) is 18.1 Å². The van der Waals surface area contributed by atoms with Crippen molar-refractivity contribution >= 4 is 45.8 Å². The Labute approximate surface area is 154 Å². The molecule has 0 atom stereocenters. The number of rotatable bonds is 3. The zero-order valence-electron chi connectivity index (χ0n) is 13.4. The lowest BCUT2D eigenvalue weighted by Crippen LogP contribution is -1.96. The van der Waals surface area contributed by atoms with Crippen LogP contribution in [0.15, 0.2) is 53.0 Å². The molecule has 4 aromatic rings. The molecule has 0 spiro atoms. The standard InChI is InChI=1S/C18H15N5S2/c1-20-18-21-8-11(9-22-18)13-7-12(10-5-3-2-4-6-10)14-15(19)17(24)25-16(14)23-13/h2-9,24H,19H2,1H3,(H,20,21,22). The number of hydrogen-bond acceptors (Lipinski definition) is 7. The Hall–Kier alpha value is -2.64. The normalized spacial score (nSPS) is 11.0. The highest BCUT2D eigenvalue weighted by Gasteiger charge is 2.16. The van der Waals surface area contributed by atoms with Crippen LogP contribution in [0.2, 0.25) is 0 Å². The summed E-state index contributed by atoms with van der Waals surface area (Å²) in [6.45, 7) is 0. The minimum Gasteiger partial charge on any atom is -0.397 e. The zero-order valence-corrected chi connectivity index (χ0v) is 15.1. The number of pyridine rings is 1. The minimum absolute atomic E-state index is 0.575. The number of nitrogens with two attached hydrogens (primary N) is 1. The van der Waals surface area contributed by atoms with E-state index in [1.165, 1.54) is 11.3 Å². The Bertz CT molecular complexity index is 1040. The average molecular weight is 365 g/mol. The van der Waals surface area contributed by atoms with Gasteiger partial charge in [-0.3, -0.25) is 0 Å². The van der Waals surface area contributed by atoms with Crippen molar-refractivity contribution in [1.29, 1.82) is 0 Å². The number of nitrogens with one attached hydrogen (secondary N) is 1. The fraction of sp³-hybridized carbons (Fsp3) is 0.0556. The van der Waals surface area contributed by atoms with E-state index >= 15 is 0 Å². The maximum Gasteiger partial charge on any atom is 0.222 e. The van der Waals surface area contributed by atoms with Crippen molar-refractivity contribution in [3.63, 3.8) is 0 Å². The maximum atomic E-state index is 6.26. The molecule has 0 fully saturated rings. The third-order valence-corrected chi connectivity index (χ3v) is 5.35. The van der Waals surface area contributed by atoms with E-state index in [2.05, 4.69) is 40.0 Å². The van der Waals surface area contributed by atoms with Crippen LogP contribution in [-0.2, 0) is 0 Å². The molecule has 0 saturated heterocycles. The summed E-state index contributed by atoms with van der Waals surface area (Å²) < 4.78 is 0.776. The van der Waals surface area contributed by atoms with Gasteiger partial charge in [-0.25, -0.2) is 15.0 Å². The molecular formula is C18H15N5S2. The second-order valence-electron chi connectivity index (χ2n) is 5.47. The van der Waals surface area contributed by atoms with E-state index in [1.807, 2.05) is 24.3 Å². The number of hydrogen-bond donors (Lipinski definition) is 3. The molecule has 0 saturated carbocycles. The molecule has 124 valence electrons. The molecule has 0 amide bonds. The van der Waals surface area contributed by atoms with E-state index in [4.69, 9.17) is 10.7 Å². The number of nitrogens with zero attached hydrogens (tertiary/aromatic N) is 3. The SMILES string of the molecule is CNc1ncc(-c2cc(-c3ccccc3)c3c(N)c(S)sc3n2)cn1. The highest BCUT2D eigenvalue weighted by atomic mass is 32.2. The van der Waals surface area contributed by atoms with Gasteiger partial charge in [0, 0.05) is 30.4 Å². The molecule has 0 radical (unpaired) electrons. The monoisotopic (exact) mass is 365 g/mol. The Balaban J connectivity index is 1.98. The highest BCUT2D eigenvalue weighted by molar-refractivity contribution is 7.83. The van der Waals surface area contributed by atoms with E-state index in [0.29, 0.717) is 11.6 Å². The summed E-state index contributed by atoms with van der Waals surface area (Å²) in [4.78, 5) is 14.2.